The van der Waals surface area contributed by atoms with E-state index in [1.54, 1.807) is 6.07 Å². The van der Waals surface area contributed by atoms with E-state index in [2.05, 4.69) is 20.8 Å². The van der Waals surface area contributed by atoms with Gasteiger partial charge in [-0.05, 0) is 36.0 Å². The molecule has 0 amide bonds. The standard InChI is InChI=1S/C13H21NO2/c1-8(14)5-9-6-10(13(2,3)4)7-11(15)12(9)16/h6-8,15-16H,5,14H2,1-4H3. The van der Waals surface area contributed by atoms with Gasteiger partial charge in [0.15, 0.2) is 11.5 Å². The molecule has 0 spiro atoms. The number of phenolic OH excluding ortho intramolecular Hbond substituents is 2. The highest BCUT2D eigenvalue weighted by Crippen LogP contribution is 2.35. The first-order chi connectivity index (χ1) is 7.21. The third-order valence-corrected chi connectivity index (χ3v) is 2.58. The summed E-state index contributed by atoms with van der Waals surface area (Å²) in [4.78, 5) is 0. The molecule has 1 aromatic rings. The van der Waals surface area contributed by atoms with Gasteiger partial charge in [0.1, 0.15) is 0 Å². The molecule has 0 radical (unpaired) electrons. The molecule has 0 bridgehead atoms. The summed E-state index contributed by atoms with van der Waals surface area (Å²) >= 11 is 0. The number of hydrogen-bond donors (Lipinski definition) is 3. The molecule has 1 aromatic carbocycles. The Bertz CT molecular complexity index is 378. The number of benzene rings is 1. The lowest BCUT2D eigenvalue weighted by molar-refractivity contribution is 0.396. The van der Waals surface area contributed by atoms with Crippen LogP contribution in [0.5, 0.6) is 11.5 Å². The van der Waals surface area contributed by atoms with Gasteiger partial charge in [-0.3, -0.25) is 0 Å². The van der Waals surface area contributed by atoms with Gasteiger partial charge in [-0.2, -0.15) is 0 Å². The normalized spacial score (nSPS) is 13.8. The average molecular weight is 223 g/mol. The fourth-order valence-corrected chi connectivity index (χ4v) is 1.61. The molecule has 0 aliphatic rings. The second-order valence-corrected chi connectivity index (χ2v) is 5.43. The SMILES string of the molecule is CC(N)Cc1cc(C(C)(C)C)cc(O)c1O. The van der Waals surface area contributed by atoms with Crippen molar-refractivity contribution < 1.29 is 10.2 Å². The maximum absolute atomic E-state index is 9.73. The molecule has 0 saturated carbocycles. The average Bonchev–Trinajstić information content (AvgIpc) is 2.10. The Morgan fingerprint density at radius 1 is 1.25 bits per heavy atom. The van der Waals surface area contributed by atoms with Crippen LogP contribution in [0.25, 0.3) is 0 Å². The summed E-state index contributed by atoms with van der Waals surface area (Å²) in [5, 5.41) is 19.4. The summed E-state index contributed by atoms with van der Waals surface area (Å²) in [7, 11) is 0. The minimum absolute atomic E-state index is 0.0412. The molecule has 1 unspecified atom stereocenters. The van der Waals surface area contributed by atoms with Gasteiger partial charge < -0.3 is 15.9 Å². The van der Waals surface area contributed by atoms with Crippen molar-refractivity contribution >= 4 is 0 Å². The predicted octanol–water partition coefficient (Wildman–Crippen LogP) is 2.29. The van der Waals surface area contributed by atoms with Crippen molar-refractivity contribution in [2.24, 2.45) is 5.73 Å². The predicted molar refractivity (Wildman–Crippen MR) is 65.8 cm³/mol. The summed E-state index contributed by atoms with van der Waals surface area (Å²) in [6.07, 6.45) is 0.559. The van der Waals surface area contributed by atoms with E-state index in [9.17, 15) is 10.2 Å². The first-order valence-corrected chi connectivity index (χ1v) is 5.52. The van der Waals surface area contributed by atoms with Crippen LogP contribution in [0.3, 0.4) is 0 Å². The van der Waals surface area contributed by atoms with Crippen molar-refractivity contribution in [2.75, 3.05) is 0 Å². The van der Waals surface area contributed by atoms with Gasteiger partial charge in [0.05, 0.1) is 0 Å². The van der Waals surface area contributed by atoms with Gasteiger partial charge in [0.25, 0.3) is 0 Å². The number of rotatable bonds is 2. The molecule has 0 aliphatic carbocycles. The Morgan fingerprint density at radius 2 is 1.81 bits per heavy atom. The Balaban J connectivity index is 3.22. The van der Waals surface area contributed by atoms with Crippen LogP contribution in [0.1, 0.15) is 38.8 Å². The van der Waals surface area contributed by atoms with Crippen molar-refractivity contribution in [2.45, 2.75) is 45.6 Å². The lowest BCUT2D eigenvalue weighted by atomic mass is 9.85. The monoisotopic (exact) mass is 223 g/mol. The third kappa shape index (κ3) is 2.89. The maximum Gasteiger partial charge on any atom is 0.160 e. The minimum Gasteiger partial charge on any atom is -0.504 e. The van der Waals surface area contributed by atoms with Crippen molar-refractivity contribution in [3.63, 3.8) is 0 Å². The summed E-state index contributed by atoms with van der Waals surface area (Å²) in [5.41, 5.74) is 7.36. The van der Waals surface area contributed by atoms with Crippen LogP contribution in [0.4, 0.5) is 0 Å². The molecule has 0 aromatic heterocycles. The Morgan fingerprint density at radius 3 is 2.25 bits per heavy atom. The topological polar surface area (TPSA) is 66.5 Å². The summed E-state index contributed by atoms with van der Waals surface area (Å²) in [6.45, 7) is 8.07. The van der Waals surface area contributed by atoms with E-state index in [1.165, 1.54) is 0 Å². The Kier molecular flexibility index (Phi) is 3.48. The molecule has 0 fully saturated rings. The fraction of sp³-hybridized carbons (Fsp3) is 0.538. The lowest BCUT2D eigenvalue weighted by Crippen LogP contribution is -2.19. The summed E-state index contributed by atoms with van der Waals surface area (Å²) in [5.74, 6) is -0.117. The number of nitrogens with two attached hydrogens (primary N) is 1. The number of phenols is 2. The molecule has 4 N–H and O–H groups in total. The summed E-state index contributed by atoms with van der Waals surface area (Å²) < 4.78 is 0. The zero-order valence-corrected chi connectivity index (χ0v) is 10.4. The van der Waals surface area contributed by atoms with Crippen molar-refractivity contribution in [1.29, 1.82) is 0 Å². The van der Waals surface area contributed by atoms with Crippen LogP contribution in [0, 0.1) is 0 Å². The van der Waals surface area contributed by atoms with Crippen LogP contribution < -0.4 is 5.73 Å². The van der Waals surface area contributed by atoms with Crippen LogP contribution >= 0.6 is 0 Å². The minimum atomic E-state index is -0.0666. The second-order valence-electron chi connectivity index (χ2n) is 5.43. The fourth-order valence-electron chi connectivity index (χ4n) is 1.61. The van der Waals surface area contributed by atoms with E-state index < -0.39 is 0 Å². The largest absolute Gasteiger partial charge is 0.504 e. The Labute approximate surface area is 96.9 Å². The van der Waals surface area contributed by atoms with E-state index >= 15 is 0 Å². The quantitative estimate of drug-likeness (QED) is 0.674. The van der Waals surface area contributed by atoms with Gasteiger partial charge in [-0.15, -0.1) is 0 Å². The molecule has 1 rings (SSSR count). The van der Waals surface area contributed by atoms with Gasteiger partial charge in [-0.25, -0.2) is 0 Å². The zero-order chi connectivity index (χ0) is 12.5. The van der Waals surface area contributed by atoms with Crippen molar-refractivity contribution in [3.05, 3.63) is 23.3 Å². The van der Waals surface area contributed by atoms with Gasteiger partial charge in [0, 0.05) is 6.04 Å². The molecular formula is C13H21NO2. The molecule has 90 valence electrons. The van der Waals surface area contributed by atoms with Gasteiger partial charge in [-0.1, -0.05) is 26.8 Å². The van der Waals surface area contributed by atoms with E-state index in [4.69, 9.17) is 5.73 Å². The number of hydrogen-bond acceptors (Lipinski definition) is 3. The van der Waals surface area contributed by atoms with Crippen LogP contribution in [0.15, 0.2) is 12.1 Å². The molecule has 0 saturated heterocycles. The van der Waals surface area contributed by atoms with Crippen molar-refractivity contribution in [1.82, 2.24) is 0 Å². The van der Waals surface area contributed by atoms with Crippen LogP contribution in [-0.2, 0) is 11.8 Å². The molecule has 0 heterocycles. The van der Waals surface area contributed by atoms with E-state index in [0.29, 0.717) is 12.0 Å². The third-order valence-electron chi connectivity index (χ3n) is 2.58. The maximum atomic E-state index is 9.73. The van der Waals surface area contributed by atoms with E-state index in [1.807, 2.05) is 13.0 Å². The van der Waals surface area contributed by atoms with Gasteiger partial charge >= 0.3 is 0 Å². The smallest absolute Gasteiger partial charge is 0.160 e. The molecule has 0 aliphatic heterocycles. The first kappa shape index (κ1) is 12.8. The van der Waals surface area contributed by atoms with E-state index in [0.717, 1.165) is 5.56 Å². The Hall–Kier alpha value is -1.22. The van der Waals surface area contributed by atoms with Crippen molar-refractivity contribution in [3.8, 4) is 11.5 Å². The van der Waals surface area contributed by atoms with Crippen LogP contribution in [-0.4, -0.2) is 16.3 Å². The highest BCUT2D eigenvalue weighted by atomic mass is 16.3. The molecule has 3 heteroatoms. The van der Waals surface area contributed by atoms with E-state index in [-0.39, 0.29) is 23.0 Å². The second kappa shape index (κ2) is 4.34. The molecule has 1 atom stereocenters. The first-order valence-electron chi connectivity index (χ1n) is 5.52. The molecule has 16 heavy (non-hydrogen) atoms. The van der Waals surface area contributed by atoms with Gasteiger partial charge in [0.2, 0.25) is 0 Å². The molecular weight excluding hydrogens is 202 g/mol. The summed E-state index contributed by atoms with van der Waals surface area (Å²) in [6, 6.07) is 3.49. The molecule has 3 nitrogen and oxygen atoms in total. The van der Waals surface area contributed by atoms with Crippen LogP contribution in [0.2, 0.25) is 0 Å². The lowest BCUT2D eigenvalue weighted by Gasteiger charge is -2.21. The highest BCUT2D eigenvalue weighted by molar-refractivity contribution is 5.49. The zero-order valence-electron chi connectivity index (χ0n) is 10.4. The highest BCUT2D eigenvalue weighted by Gasteiger charge is 2.18. The number of aromatic hydroxyl groups is 2.